The fraction of sp³-hybridized carbons (Fsp3) is 0.533. The number of hydrogen-bond acceptors (Lipinski definition) is 1. The van der Waals surface area contributed by atoms with E-state index in [1.807, 2.05) is 0 Å². The standard InChI is InChI=1S/C15H18BrClFNO/c16-13-5-12(6-14(18)7-13)15(20)19-9-11-4-2-1-3-10(11)8-17/h5-7,10-11H,1-4,8-9H2,(H,19,20). The van der Waals surface area contributed by atoms with Gasteiger partial charge in [-0.3, -0.25) is 4.79 Å². The SMILES string of the molecule is O=C(NCC1CCCCC1CCl)c1cc(F)cc(Br)c1. The van der Waals surface area contributed by atoms with Gasteiger partial charge >= 0.3 is 0 Å². The predicted octanol–water partition coefficient (Wildman–Crippen LogP) is 4.36. The average molecular weight is 363 g/mol. The molecule has 1 fully saturated rings. The van der Waals surface area contributed by atoms with Crippen LogP contribution in [0.4, 0.5) is 4.39 Å². The molecule has 1 aromatic carbocycles. The van der Waals surface area contributed by atoms with Gasteiger partial charge in [0.2, 0.25) is 0 Å². The van der Waals surface area contributed by atoms with Gasteiger partial charge in [-0.25, -0.2) is 4.39 Å². The first-order valence-electron chi connectivity index (χ1n) is 6.90. The monoisotopic (exact) mass is 361 g/mol. The maximum absolute atomic E-state index is 13.3. The minimum absolute atomic E-state index is 0.232. The quantitative estimate of drug-likeness (QED) is 0.792. The molecule has 110 valence electrons. The molecule has 2 atom stereocenters. The number of benzene rings is 1. The maximum atomic E-state index is 13.3. The predicted molar refractivity (Wildman–Crippen MR) is 82.6 cm³/mol. The second-order valence-corrected chi connectivity index (χ2v) is 6.55. The van der Waals surface area contributed by atoms with Crippen molar-refractivity contribution >= 4 is 33.4 Å². The minimum atomic E-state index is -0.416. The Kier molecular flexibility index (Phi) is 5.85. The highest BCUT2D eigenvalue weighted by molar-refractivity contribution is 9.10. The largest absolute Gasteiger partial charge is 0.352 e. The lowest BCUT2D eigenvalue weighted by molar-refractivity contribution is 0.0936. The summed E-state index contributed by atoms with van der Waals surface area (Å²) in [7, 11) is 0. The maximum Gasteiger partial charge on any atom is 0.251 e. The highest BCUT2D eigenvalue weighted by Gasteiger charge is 2.24. The van der Waals surface area contributed by atoms with Crippen molar-refractivity contribution in [3.05, 3.63) is 34.1 Å². The van der Waals surface area contributed by atoms with Crippen molar-refractivity contribution in [3.8, 4) is 0 Å². The van der Waals surface area contributed by atoms with Crippen LogP contribution in [0.2, 0.25) is 0 Å². The van der Waals surface area contributed by atoms with Crippen molar-refractivity contribution < 1.29 is 9.18 Å². The summed E-state index contributed by atoms with van der Waals surface area (Å²) in [5.74, 6) is 0.906. The summed E-state index contributed by atoms with van der Waals surface area (Å²) < 4.78 is 13.8. The van der Waals surface area contributed by atoms with Gasteiger partial charge in [-0.15, -0.1) is 11.6 Å². The molecule has 20 heavy (non-hydrogen) atoms. The highest BCUT2D eigenvalue weighted by Crippen LogP contribution is 2.30. The number of hydrogen-bond donors (Lipinski definition) is 1. The van der Waals surface area contributed by atoms with E-state index in [4.69, 9.17) is 11.6 Å². The van der Waals surface area contributed by atoms with E-state index in [1.54, 1.807) is 6.07 Å². The molecule has 1 saturated carbocycles. The number of rotatable bonds is 4. The van der Waals surface area contributed by atoms with E-state index in [0.717, 1.165) is 12.8 Å². The fourth-order valence-electron chi connectivity index (χ4n) is 2.77. The van der Waals surface area contributed by atoms with E-state index >= 15 is 0 Å². The van der Waals surface area contributed by atoms with E-state index in [2.05, 4.69) is 21.2 Å². The number of carbonyl (C=O) groups excluding carboxylic acids is 1. The Morgan fingerprint density at radius 3 is 2.65 bits per heavy atom. The molecule has 0 aromatic heterocycles. The van der Waals surface area contributed by atoms with Crippen LogP contribution in [0.5, 0.6) is 0 Å². The molecule has 2 unspecified atom stereocenters. The molecule has 1 aliphatic carbocycles. The zero-order valence-electron chi connectivity index (χ0n) is 11.2. The van der Waals surface area contributed by atoms with Crippen LogP contribution < -0.4 is 5.32 Å². The summed E-state index contributed by atoms with van der Waals surface area (Å²) in [6.45, 7) is 0.615. The van der Waals surface area contributed by atoms with E-state index in [-0.39, 0.29) is 5.91 Å². The lowest BCUT2D eigenvalue weighted by Crippen LogP contribution is -2.34. The van der Waals surface area contributed by atoms with Gasteiger partial charge in [0, 0.05) is 22.5 Å². The Morgan fingerprint density at radius 2 is 2.00 bits per heavy atom. The summed E-state index contributed by atoms with van der Waals surface area (Å²) in [5.41, 5.74) is 0.343. The van der Waals surface area contributed by atoms with Gasteiger partial charge in [0.05, 0.1) is 0 Å². The van der Waals surface area contributed by atoms with Crippen LogP contribution in [0.1, 0.15) is 36.0 Å². The second kappa shape index (κ2) is 7.41. The number of halogens is 3. The van der Waals surface area contributed by atoms with E-state index < -0.39 is 5.82 Å². The highest BCUT2D eigenvalue weighted by atomic mass is 79.9. The van der Waals surface area contributed by atoms with Crippen LogP contribution in [-0.2, 0) is 0 Å². The van der Waals surface area contributed by atoms with Crippen LogP contribution in [0.25, 0.3) is 0 Å². The zero-order chi connectivity index (χ0) is 14.5. The Morgan fingerprint density at radius 1 is 1.30 bits per heavy atom. The molecule has 5 heteroatoms. The first kappa shape index (κ1) is 15.8. The molecule has 2 nitrogen and oxygen atoms in total. The third-order valence-corrected chi connectivity index (χ3v) is 4.77. The van der Waals surface area contributed by atoms with Crippen molar-refractivity contribution in [2.45, 2.75) is 25.7 Å². The first-order chi connectivity index (χ1) is 9.60. The van der Waals surface area contributed by atoms with Crippen molar-refractivity contribution in [2.75, 3.05) is 12.4 Å². The van der Waals surface area contributed by atoms with E-state index in [9.17, 15) is 9.18 Å². The molecule has 0 spiro atoms. The first-order valence-corrected chi connectivity index (χ1v) is 8.23. The molecule has 0 aliphatic heterocycles. The Hall–Kier alpha value is -0.610. The lowest BCUT2D eigenvalue weighted by Gasteiger charge is -2.30. The van der Waals surface area contributed by atoms with Gasteiger partial charge < -0.3 is 5.32 Å². The molecule has 2 rings (SSSR count). The average Bonchev–Trinajstić information content (AvgIpc) is 2.44. The third-order valence-electron chi connectivity index (χ3n) is 3.91. The van der Waals surface area contributed by atoms with Gasteiger partial charge in [-0.1, -0.05) is 28.8 Å². The summed E-state index contributed by atoms with van der Waals surface area (Å²) in [6, 6.07) is 4.21. The fourth-order valence-corrected chi connectivity index (χ4v) is 3.64. The summed E-state index contributed by atoms with van der Waals surface area (Å²) >= 11 is 9.17. The lowest BCUT2D eigenvalue weighted by atomic mass is 9.80. The zero-order valence-corrected chi connectivity index (χ0v) is 13.5. The van der Waals surface area contributed by atoms with Crippen molar-refractivity contribution in [3.63, 3.8) is 0 Å². The summed E-state index contributed by atoms with van der Waals surface area (Å²) in [5, 5.41) is 2.90. The topological polar surface area (TPSA) is 29.1 Å². The van der Waals surface area contributed by atoms with Gasteiger partial charge in [0.25, 0.3) is 5.91 Å². The molecule has 0 bridgehead atoms. The Bertz CT molecular complexity index is 463. The van der Waals surface area contributed by atoms with Crippen LogP contribution in [0.15, 0.2) is 22.7 Å². The van der Waals surface area contributed by atoms with Gasteiger partial charge in [-0.2, -0.15) is 0 Å². The second-order valence-electron chi connectivity index (χ2n) is 5.33. The molecule has 0 heterocycles. The van der Waals surface area contributed by atoms with E-state index in [1.165, 1.54) is 25.0 Å². The molecule has 1 N–H and O–H groups in total. The third kappa shape index (κ3) is 4.19. The minimum Gasteiger partial charge on any atom is -0.352 e. The van der Waals surface area contributed by atoms with E-state index in [0.29, 0.717) is 34.3 Å². The molecule has 1 aromatic rings. The molecule has 1 aliphatic rings. The van der Waals surface area contributed by atoms with Crippen LogP contribution in [-0.4, -0.2) is 18.3 Å². The molecular formula is C15H18BrClFNO. The number of alkyl halides is 1. The number of nitrogens with one attached hydrogen (secondary N) is 1. The Labute approximate surface area is 132 Å². The van der Waals surface area contributed by atoms with Crippen LogP contribution in [0.3, 0.4) is 0 Å². The molecule has 0 radical (unpaired) electrons. The molecular weight excluding hydrogens is 345 g/mol. The normalized spacial score (nSPS) is 22.6. The summed E-state index contributed by atoms with van der Waals surface area (Å²) in [4.78, 5) is 12.1. The van der Waals surface area contributed by atoms with Gasteiger partial charge in [0.1, 0.15) is 5.82 Å². The van der Waals surface area contributed by atoms with Crippen LogP contribution >= 0.6 is 27.5 Å². The Balaban J connectivity index is 1.94. The molecule has 1 amide bonds. The van der Waals surface area contributed by atoms with Gasteiger partial charge in [0.15, 0.2) is 0 Å². The molecule has 0 saturated heterocycles. The van der Waals surface area contributed by atoms with Crippen molar-refractivity contribution in [1.82, 2.24) is 5.32 Å². The number of amides is 1. The van der Waals surface area contributed by atoms with Crippen molar-refractivity contribution in [1.29, 1.82) is 0 Å². The number of carbonyl (C=O) groups is 1. The van der Waals surface area contributed by atoms with Gasteiger partial charge in [-0.05, 0) is 42.9 Å². The smallest absolute Gasteiger partial charge is 0.251 e. The van der Waals surface area contributed by atoms with Crippen LogP contribution in [0, 0.1) is 17.7 Å². The van der Waals surface area contributed by atoms with Crippen molar-refractivity contribution in [2.24, 2.45) is 11.8 Å². The summed E-state index contributed by atoms with van der Waals surface area (Å²) in [6.07, 6.45) is 4.65.